The van der Waals surface area contributed by atoms with Gasteiger partial charge in [-0.1, -0.05) is 0 Å². The summed E-state index contributed by atoms with van der Waals surface area (Å²) in [5.41, 5.74) is -1.61. The van der Waals surface area contributed by atoms with E-state index in [4.69, 9.17) is 4.74 Å². The normalized spacial score (nSPS) is 12.2. The van der Waals surface area contributed by atoms with E-state index in [1.165, 1.54) is 31.4 Å². The molecule has 0 aliphatic rings. The van der Waals surface area contributed by atoms with Crippen molar-refractivity contribution in [2.75, 3.05) is 7.11 Å². The highest BCUT2D eigenvalue weighted by molar-refractivity contribution is 7.90. The van der Waals surface area contributed by atoms with Gasteiger partial charge in [-0.2, -0.15) is 8.96 Å². The minimum atomic E-state index is -4.32. The molecule has 0 bridgehead atoms. The van der Waals surface area contributed by atoms with Crippen LogP contribution in [0.2, 0.25) is 0 Å². The molecule has 8 nitrogen and oxygen atoms in total. The fraction of sp³-hybridized carbons (Fsp3) is 0.214. The molecular formula is C14H14FN3O5S. The van der Waals surface area contributed by atoms with Crippen LogP contribution in [-0.4, -0.2) is 30.0 Å². The standard InChI is InChI=1S/C14H14FN3O5S/c1-9(19)16-13-12(15)8-18(14(20)17(13)2)24(21,22)11-6-4-10(23-3)5-7-11/h4-8H,1-3H3. The van der Waals surface area contributed by atoms with Gasteiger partial charge in [-0.05, 0) is 24.3 Å². The van der Waals surface area contributed by atoms with E-state index in [0.717, 1.165) is 14.0 Å². The van der Waals surface area contributed by atoms with Gasteiger partial charge in [0.2, 0.25) is 5.91 Å². The van der Waals surface area contributed by atoms with E-state index in [1.54, 1.807) is 0 Å². The van der Waals surface area contributed by atoms with E-state index in [9.17, 15) is 22.4 Å². The molecule has 2 rings (SSSR count). The zero-order valence-corrected chi connectivity index (χ0v) is 13.9. The molecule has 128 valence electrons. The van der Waals surface area contributed by atoms with Gasteiger partial charge in [0, 0.05) is 14.0 Å². The fourth-order valence-corrected chi connectivity index (χ4v) is 3.19. The Labute approximate surface area is 136 Å². The van der Waals surface area contributed by atoms with Crippen LogP contribution in [0.4, 0.5) is 4.39 Å². The van der Waals surface area contributed by atoms with E-state index >= 15 is 0 Å². The number of benzene rings is 1. The number of halogens is 1. The van der Waals surface area contributed by atoms with Crippen LogP contribution in [0.25, 0.3) is 0 Å². The van der Waals surface area contributed by atoms with E-state index < -0.39 is 32.9 Å². The molecule has 0 saturated carbocycles. The SMILES string of the molecule is COc1ccc(S(=O)(=O)n2cc(F)c(=NC(C)=O)n(C)c2=O)cc1. The molecule has 0 atom stereocenters. The molecule has 0 fully saturated rings. The predicted molar refractivity (Wildman–Crippen MR) is 81.5 cm³/mol. The summed E-state index contributed by atoms with van der Waals surface area (Å²) in [7, 11) is -1.79. The molecule has 1 heterocycles. The Kier molecular flexibility index (Phi) is 4.69. The van der Waals surface area contributed by atoms with Gasteiger partial charge in [0.25, 0.3) is 10.0 Å². The van der Waals surface area contributed by atoms with Crippen LogP contribution in [0.5, 0.6) is 5.75 Å². The smallest absolute Gasteiger partial charge is 0.343 e. The fourth-order valence-electron chi connectivity index (χ4n) is 1.93. The number of ether oxygens (including phenoxy) is 1. The molecule has 10 heteroatoms. The second kappa shape index (κ2) is 6.40. The minimum Gasteiger partial charge on any atom is -0.497 e. The van der Waals surface area contributed by atoms with Crippen LogP contribution >= 0.6 is 0 Å². The average molecular weight is 355 g/mol. The Balaban J connectivity index is 2.72. The van der Waals surface area contributed by atoms with Crippen molar-refractivity contribution in [1.29, 1.82) is 0 Å². The zero-order chi connectivity index (χ0) is 18.1. The minimum absolute atomic E-state index is 0.221. The Hall–Kier alpha value is -2.75. The topological polar surface area (TPSA) is 99.7 Å². The van der Waals surface area contributed by atoms with E-state index in [1.807, 2.05) is 0 Å². The lowest BCUT2D eigenvalue weighted by molar-refractivity contribution is -0.116. The molecule has 0 saturated heterocycles. The van der Waals surface area contributed by atoms with Crippen LogP contribution < -0.4 is 15.9 Å². The molecule has 1 amide bonds. The Morgan fingerprint density at radius 2 is 1.83 bits per heavy atom. The Morgan fingerprint density at radius 3 is 2.33 bits per heavy atom. The van der Waals surface area contributed by atoms with E-state index in [-0.39, 0.29) is 8.87 Å². The van der Waals surface area contributed by atoms with Gasteiger partial charge in [0.1, 0.15) is 5.75 Å². The Morgan fingerprint density at radius 1 is 1.25 bits per heavy atom. The summed E-state index contributed by atoms with van der Waals surface area (Å²) in [4.78, 5) is 26.4. The van der Waals surface area contributed by atoms with Crippen molar-refractivity contribution in [3.05, 3.63) is 52.3 Å². The van der Waals surface area contributed by atoms with Crippen LogP contribution in [0.1, 0.15) is 6.92 Å². The molecule has 0 unspecified atom stereocenters. The van der Waals surface area contributed by atoms with Gasteiger partial charge in [-0.25, -0.2) is 17.6 Å². The molecule has 0 N–H and O–H groups in total. The summed E-state index contributed by atoms with van der Waals surface area (Å²) in [6.07, 6.45) is 0.490. The first kappa shape index (κ1) is 17.6. The van der Waals surface area contributed by atoms with Crippen LogP contribution in [0, 0.1) is 5.82 Å². The van der Waals surface area contributed by atoms with Crippen molar-refractivity contribution in [3.63, 3.8) is 0 Å². The van der Waals surface area contributed by atoms with E-state index in [2.05, 4.69) is 4.99 Å². The third-order valence-electron chi connectivity index (χ3n) is 3.12. The number of hydrogen-bond donors (Lipinski definition) is 0. The lowest BCUT2D eigenvalue weighted by Crippen LogP contribution is -2.42. The lowest BCUT2D eigenvalue weighted by Gasteiger charge is -2.10. The molecular weight excluding hydrogens is 341 g/mol. The number of methoxy groups -OCH3 is 1. The first-order valence-electron chi connectivity index (χ1n) is 6.61. The molecule has 2 aromatic rings. The largest absolute Gasteiger partial charge is 0.497 e. The second-order valence-corrected chi connectivity index (χ2v) is 6.56. The van der Waals surface area contributed by atoms with Gasteiger partial charge in [-0.3, -0.25) is 9.36 Å². The van der Waals surface area contributed by atoms with Gasteiger partial charge in [0.15, 0.2) is 11.3 Å². The number of amides is 1. The molecule has 0 spiro atoms. The van der Waals surface area contributed by atoms with Crippen molar-refractivity contribution >= 4 is 15.9 Å². The predicted octanol–water partition coefficient (Wildman–Crippen LogP) is 0.0187. The molecule has 0 aliphatic heterocycles. The molecule has 24 heavy (non-hydrogen) atoms. The molecule has 1 aromatic carbocycles. The van der Waals surface area contributed by atoms with Gasteiger partial charge >= 0.3 is 5.69 Å². The van der Waals surface area contributed by atoms with Crippen LogP contribution in [-0.2, 0) is 21.9 Å². The summed E-state index contributed by atoms with van der Waals surface area (Å²) < 4.78 is 45.0. The number of hydrogen-bond acceptors (Lipinski definition) is 5. The highest BCUT2D eigenvalue weighted by Crippen LogP contribution is 2.17. The lowest BCUT2D eigenvalue weighted by atomic mass is 10.3. The van der Waals surface area contributed by atoms with Gasteiger partial charge in [0.05, 0.1) is 18.2 Å². The molecule has 1 aromatic heterocycles. The highest BCUT2D eigenvalue weighted by Gasteiger charge is 2.21. The number of carbonyl (C=O) groups is 1. The Bertz CT molecular complexity index is 1020. The number of carbonyl (C=O) groups excluding carboxylic acids is 1. The monoisotopic (exact) mass is 355 g/mol. The maximum Gasteiger partial charge on any atom is 0.343 e. The zero-order valence-electron chi connectivity index (χ0n) is 13.1. The van der Waals surface area contributed by atoms with Gasteiger partial charge in [-0.15, -0.1) is 0 Å². The van der Waals surface area contributed by atoms with E-state index in [0.29, 0.717) is 16.5 Å². The first-order chi connectivity index (χ1) is 11.2. The van der Waals surface area contributed by atoms with Crippen LogP contribution in [0.15, 0.2) is 45.1 Å². The second-order valence-electron chi connectivity index (χ2n) is 4.75. The first-order valence-corrected chi connectivity index (χ1v) is 8.05. The summed E-state index contributed by atoms with van der Waals surface area (Å²) >= 11 is 0. The van der Waals surface area contributed by atoms with Crippen molar-refractivity contribution in [3.8, 4) is 5.75 Å². The quantitative estimate of drug-likeness (QED) is 0.773. The maximum atomic E-state index is 14.1. The van der Waals surface area contributed by atoms with Gasteiger partial charge < -0.3 is 4.74 Å². The van der Waals surface area contributed by atoms with Crippen molar-refractivity contribution in [2.24, 2.45) is 12.0 Å². The third-order valence-corrected chi connectivity index (χ3v) is 4.76. The number of nitrogens with zero attached hydrogens (tertiary/aromatic N) is 3. The summed E-state index contributed by atoms with van der Waals surface area (Å²) in [5.74, 6) is -1.42. The summed E-state index contributed by atoms with van der Waals surface area (Å²) in [5, 5.41) is 0. The average Bonchev–Trinajstić information content (AvgIpc) is 2.54. The third kappa shape index (κ3) is 3.13. The van der Waals surface area contributed by atoms with Crippen molar-refractivity contribution < 1.29 is 22.3 Å². The summed E-state index contributed by atoms with van der Waals surface area (Å²) in [6.45, 7) is 1.08. The maximum absolute atomic E-state index is 14.1. The highest BCUT2D eigenvalue weighted by atomic mass is 32.2. The number of aromatic nitrogens is 2. The molecule has 0 radical (unpaired) electrons. The summed E-state index contributed by atoms with van der Waals surface area (Å²) in [6, 6.07) is 5.25. The molecule has 0 aliphatic carbocycles. The van der Waals surface area contributed by atoms with Crippen LogP contribution in [0.3, 0.4) is 0 Å². The van der Waals surface area contributed by atoms with Crippen molar-refractivity contribution in [2.45, 2.75) is 11.8 Å². The number of rotatable bonds is 3. The van der Waals surface area contributed by atoms with Crippen molar-refractivity contribution in [1.82, 2.24) is 8.54 Å².